The van der Waals surface area contributed by atoms with Crippen molar-refractivity contribution in [2.75, 3.05) is 12.4 Å². The first-order valence-electron chi connectivity index (χ1n) is 5.15. The van der Waals surface area contributed by atoms with E-state index in [0.29, 0.717) is 22.9 Å². The number of nitriles is 1. The molecule has 0 saturated carbocycles. The Bertz CT molecular complexity index is 534. The summed E-state index contributed by atoms with van der Waals surface area (Å²) in [6, 6.07) is 3.77. The molecule has 1 atom stereocenters. The highest BCUT2D eigenvalue weighted by molar-refractivity contribution is 6.33. The van der Waals surface area contributed by atoms with Crippen molar-refractivity contribution < 1.29 is 9.53 Å². The van der Waals surface area contributed by atoms with Crippen molar-refractivity contribution in [2.24, 2.45) is 5.92 Å². The maximum Gasteiger partial charge on any atom is 0.242 e. The van der Waals surface area contributed by atoms with Gasteiger partial charge in [0.2, 0.25) is 5.91 Å². The van der Waals surface area contributed by atoms with Crippen LogP contribution in [0.25, 0.3) is 0 Å². The number of carbonyl (C=O) groups excluding carboxylic acids is 1. The minimum Gasteiger partial charge on any atom is -0.493 e. The molecule has 1 amide bonds. The van der Waals surface area contributed by atoms with Gasteiger partial charge in [0.15, 0.2) is 5.75 Å². The van der Waals surface area contributed by atoms with Crippen LogP contribution in [-0.2, 0) is 11.2 Å². The molecule has 0 aromatic heterocycles. The quantitative estimate of drug-likeness (QED) is 0.832. The van der Waals surface area contributed by atoms with Gasteiger partial charge in [-0.3, -0.25) is 4.79 Å². The SMILES string of the molecule is COc1c(Cl)cc(C)c2c1NC(=O)C(C#N)C2. The van der Waals surface area contributed by atoms with Crippen LogP contribution in [0, 0.1) is 24.2 Å². The molecule has 0 saturated heterocycles. The van der Waals surface area contributed by atoms with Gasteiger partial charge in [0.05, 0.1) is 23.9 Å². The molecule has 1 aliphatic rings. The number of ether oxygens (including phenoxy) is 1. The van der Waals surface area contributed by atoms with Crippen LogP contribution in [-0.4, -0.2) is 13.0 Å². The average Bonchev–Trinajstić information content (AvgIpc) is 2.29. The van der Waals surface area contributed by atoms with E-state index in [1.165, 1.54) is 7.11 Å². The molecule has 1 N–H and O–H groups in total. The molecule has 2 rings (SSSR count). The largest absolute Gasteiger partial charge is 0.493 e. The Balaban J connectivity index is 2.61. The number of halogens is 1. The van der Waals surface area contributed by atoms with Crippen molar-refractivity contribution >= 4 is 23.2 Å². The Morgan fingerprint density at radius 1 is 1.65 bits per heavy atom. The standard InChI is InChI=1S/C12H11ClN2O2/c1-6-3-9(13)11(17-2)10-8(6)4-7(5-14)12(16)15-10/h3,7H,4H2,1-2H3,(H,15,16). The minimum absolute atomic E-state index is 0.306. The summed E-state index contributed by atoms with van der Waals surface area (Å²) in [6.45, 7) is 1.90. The van der Waals surface area contributed by atoms with Gasteiger partial charge < -0.3 is 10.1 Å². The zero-order valence-corrected chi connectivity index (χ0v) is 10.3. The fourth-order valence-electron chi connectivity index (χ4n) is 2.00. The molecule has 4 nitrogen and oxygen atoms in total. The lowest BCUT2D eigenvalue weighted by atomic mass is 9.91. The molecule has 0 radical (unpaired) electrons. The van der Waals surface area contributed by atoms with Crippen molar-refractivity contribution in [3.05, 3.63) is 22.2 Å². The fraction of sp³-hybridized carbons (Fsp3) is 0.333. The number of rotatable bonds is 1. The lowest BCUT2D eigenvalue weighted by Crippen LogP contribution is -2.29. The number of methoxy groups -OCH3 is 1. The van der Waals surface area contributed by atoms with Gasteiger partial charge in [-0.25, -0.2) is 0 Å². The molecule has 1 unspecified atom stereocenters. The number of nitrogens with zero attached hydrogens (tertiary/aromatic N) is 1. The predicted molar refractivity (Wildman–Crippen MR) is 64.2 cm³/mol. The van der Waals surface area contributed by atoms with Crippen molar-refractivity contribution in [1.82, 2.24) is 0 Å². The normalized spacial score (nSPS) is 18.0. The molecular formula is C12H11ClN2O2. The summed E-state index contributed by atoms with van der Waals surface area (Å²) in [6.07, 6.45) is 0.400. The topological polar surface area (TPSA) is 62.1 Å². The molecule has 17 heavy (non-hydrogen) atoms. The van der Waals surface area contributed by atoms with E-state index >= 15 is 0 Å². The van der Waals surface area contributed by atoms with Crippen LogP contribution in [0.15, 0.2) is 6.07 Å². The number of aryl methyl sites for hydroxylation is 1. The molecular weight excluding hydrogens is 240 g/mol. The van der Waals surface area contributed by atoms with Crippen molar-refractivity contribution in [3.63, 3.8) is 0 Å². The van der Waals surface area contributed by atoms with E-state index in [9.17, 15) is 4.79 Å². The van der Waals surface area contributed by atoms with Gasteiger partial charge in [0.25, 0.3) is 0 Å². The fourth-order valence-corrected chi connectivity index (χ4v) is 2.34. The predicted octanol–water partition coefficient (Wildman–Crippen LogP) is 2.29. The second-order valence-corrected chi connectivity index (χ2v) is 4.34. The van der Waals surface area contributed by atoms with Crippen LogP contribution >= 0.6 is 11.6 Å². The highest BCUT2D eigenvalue weighted by atomic mass is 35.5. The number of nitrogens with one attached hydrogen (secondary N) is 1. The molecule has 1 aliphatic heterocycles. The number of amides is 1. The van der Waals surface area contributed by atoms with Crippen LogP contribution in [0.1, 0.15) is 11.1 Å². The van der Waals surface area contributed by atoms with E-state index in [0.717, 1.165) is 11.1 Å². The van der Waals surface area contributed by atoms with Crippen molar-refractivity contribution in [2.45, 2.75) is 13.3 Å². The molecule has 88 valence electrons. The molecule has 0 fully saturated rings. The third kappa shape index (κ3) is 1.83. The number of fused-ring (bicyclic) bond motifs is 1. The van der Waals surface area contributed by atoms with Crippen LogP contribution in [0.5, 0.6) is 5.75 Å². The Morgan fingerprint density at radius 3 is 2.94 bits per heavy atom. The Morgan fingerprint density at radius 2 is 2.35 bits per heavy atom. The van der Waals surface area contributed by atoms with Gasteiger partial charge in [0, 0.05) is 0 Å². The molecule has 1 heterocycles. The maximum absolute atomic E-state index is 11.6. The average molecular weight is 251 g/mol. The number of benzene rings is 1. The first-order valence-corrected chi connectivity index (χ1v) is 5.52. The second kappa shape index (κ2) is 4.27. The monoisotopic (exact) mass is 250 g/mol. The second-order valence-electron chi connectivity index (χ2n) is 3.94. The third-order valence-electron chi connectivity index (χ3n) is 2.90. The van der Waals surface area contributed by atoms with Gasteiger partial charge in [0.1, 0.15) is 5.92 Å². The first kappa shape index (κ1) is 11.7. The van der Waals surface area contributed by atoms with Crippen molar-refractivity contribution in [3.8, 4) is 11.8 Å². The molecule has 0 spiro atoms. The van der Waals surface area contributed by atoms with E-state index in [4.69, 9.17) is 21.6 Å². The lowest BCUT2D eigenvalue weighted by Gasteiger charge is -2.24. The third-order valence-corrected chi connectivity index (χ3v) is 3.18. The summed E-state index contributed by atoms with van der Waals surface area (Å²) >= 11 is 6.04. The minimum atomic E-state index is -0.646. The summed E-state index contributed by atoms with van der Waals surface area (Å²) < 4.78 is 5.19. The molecule has 0 aliphatic carbocycles. The number of carbonyl (C=O) groups is 1. The molecule has 1 aromatic rings. The van der Waals surface area contributed by atoms with E-state index in [-0.39, 0.29) is 5.91 Å². The highest BCUT2D eigenvalue weighted by Gasteiger charge is 2.30. The number of hydrogen-bond donors (Lipinski definition) is 1. The lowest BCUT2D eigenvalue weighted by molar-refractivity contribution is -0.118. The Labute approximate surface area is 104 Å². The van der Waals surface area contributed by atoms with Gasteiger partial charge in [-0.05, 0) is 30.5 Å². The molecule has 1 aromatic carbocycles. The Kier molecular flexibility index (Phi) is 2.95. The maximum atomic E-state index is 11.6. The summed E-state index contributed by atoms with van der Waals surface area (Å²) in [7, 11) is 1.50. The van der Waals surface area contributed by atoms with Crippen LogP contribution in [0.2, 0.25) is 5.02 Å². The summed E-state index contributed by atoms with van der Waals surface area (Å²) in [5.74, 6) is -0.496. The molecule has 0 bridgehead atoms. The van der Waals surface area contributed by atoms with E-state index in [1.807, 2.05) is 13.0 Å². The van der Waals surface area contributed by atoms with Gasteiger partial charge in [-0.2, -0.15) is 5.26 Å². The number of anilines is 1. The highest BCUT2D eigenvalue weighted by Crippen LogP contribution is 2.41. The first-order chi connectivity index (χ1) is 8.08. The van der Waals surface area contributed by atoms with Gasteiger partial charge >= 0.3 is 0 Å². The van der Waals surface area contributed by atoms with Gasteiger partial charge in [-0.15, -0.1) is 0 Å². The molecule has 5 heteroatoms. The summed E-state index contributed by atoms with van der Waals surface area (Å²) in [4.78, 5) is 11.6. The summed E-state index contributed by atoms with van der Waals surface area (Å²) in [5.41, 5.74) is 2.46. The zero-order chi connectivity index (χ0) is 12.6. The van der Waals surface area contributed by atoms with Crippen molar-refractivity contribution in [1.29, 1.82) is 5.26 Å². The Hall–Kier alpha value is -1.73. The van der Waals surface area contributed by atoms with E-state index < -0.39 is 5.92 Å². The van der Waals surface area contributed by atoms with E-state index in [2.05, 4.69) is 5.32 Å². The van der Waals surface area contributed by atoms with Gasteiger partial charge in [-0.1, -0.05) is 11.6 Å². The zero-order valence-electron chi connectivity index (χ0n) is 9.50. The van der Waals surface area contributed by atoms with Crippen LogP contribution in [0.3, 0.4) is 0 Å². The van der Waals surface area contributed by atoms with Crippen LogP contribution < -0.4 is 10.1 Å². The van der Waals surface area contributed by atoms with Crippen LogP contribution in [0.4, 0.5) is 5.69 Å². The van der Waals surface area contributed by atoms with E-state index in [1.54, 1.807) is 6.07 Å². The smallest absolute Gasteiger partial charge is 0.242 e. The number of hydrogen-bond acceptors (Lipinski definition) is 3. The summed E-state index contributed by atoms with van der Waals surface area (Å²) in [5, 5.41) is 12.0.